The third kappa shape index (κ3) is 7.89. The van der Waals surface area contributed by atoms with Crippen LogP contribution in [-0.4, -0.2) is 84.8 Å². The fourth-order valence-electron chi connectivity index (χ4n) is 6.52. The first-order valence-corrected chi connectivity index (χ1v) is 18.6. The Bertz CT molecular complexity index is 1540. The number of hydrogen-bond donors (Lipinski definition) is 1. The fourth-order valence-corrected chi connectivity index (χ4v) is 9.18. The van der Waals surface area contributed by atoms with Gasteiger partial charge in [-0.2, -0.15) is 4.31 Å². The van der Waals surface area contributed by atoms with Gasteiger partial charge in [-0.3, -0.25) is 9.69 Å². The van der Waals surface area contributed by atoms with Crippen molar-refractivity contribution >= 4 is 38.9 Å². The molecule has 2 aliphatic heterocycles. The highest BCUT2D eigenvalue weighted by Crippen LogP contribution is 2.30. The molecule has 3 aliphatic rings. The predicted octanol–water partition coefficient (Wildman–Crippen LogP) is 5.25. The summed E-state index contributed by atoms with van der Waals surface area (Å²) in [7, 11) is -3.93. The van der Waals surface area contributed by atoms with Crippen molar-refractivity contribution in [2.24, 2.45) is 11.7 Å². The molecule has 3 aromatic rings. The summed E-state index contributed by atoms with van der Waals surface area (Å²) in [6, 6.07) is 13.6. The normalized spacial score (nSPS) is 21.2. The number of rotatable bonds is 9. The number of piperidine rings is 1. The van der Waals surface area contributed by atoms with Crippen LogP contribution in [0.5, 0.6) is 5.75 Å². The average molecular weight is 672 g/mol. The van der Waals surface area contributed by atoms with Gasteiger partial charge in [0.25, 0.3) is 0 Å². The van der Waals surface area contributed by atoms with Crippen LogP contribution in [0.1, 0.15) is 50.0 Å². The van der Waals surface area contributed by atoms with Crippen molar-refractivity contribution in [1.29, 1.82) is 0 Å². The number of thiazole rings is 1. The van der Waals surface area contributed by atoms with Gasteiger partial charge in [0, 0.05) is 50.0 Å². The van der Waals surface area contributed by atoms with Gasteiger partial charge in [-0.25, -0.2) is 13.4 Å². The van der Waals surface area contributed by atoms with Crippen molar-refractivity contribution in [1.82, 2.24) is 19.1 Å². The first kappa shape index (κ1) is 32.4. The van der Waals surface area contributed by atoms with Crippen LogP contribution in [0, 0.1) is 5.92 Å². The zero-order chi connectivity index (χ0) is 31.4. The van der Waals surface area contributed by atoms with E-state index < -0.39 is 16.1 Å². The summed E-state index contributed by atoms with van der Waals surface area (Å²) in [6.07, 6.45) is 9.43. The minimum atomic E-state index is -3.93. The Morgan fingerprint density at radius 2 is 1.67 bits per heavy atom. The van der Waals surface area contributed by atoms with Gasteiger partial charge >= 0.3 is 0 Å². The second-order valence-electron chi connectivity index (χ2n) is 12.4. The second kappa shape index (κ2) is 14.5. The van der Waals surface area contributed by atoms with Crippen molar-refractivity contribution in [3.05, 3.63) is 64.8 Å². The quantitative estimate of drug-likeness (QED) is 0.331. The molecule has 12 heteroatoms. The van der Waals surface area contributed by atoms with Gasteiger partial charge in [0.2, 0.25) is 15.9 Å². The van der Waals surface area contributed by atoms with E-state index in [-0.39, 0.29) is 23.4 Å². The lowest BCUT2D eigenvalue weighted by Gasteiger charge is -2.42. The molecule has 2 N–H and O–H groups in total. The number of piperazine rings is 1. The highest BCUT2D eigenvalue weighted by molar-refractivity contribution is 7.89. The van der Waals surface area contributed by atoms with E-state index in [1.807, 2.05) is 30.5 Å². The summed E-state index contributed by atoms with van der Waals surface area (Å²) >= 11 is 7.65. The maximum absolute atomic E-state index is 14.1. The topological polar surface area (TPSA) is 109 Å². The molecule has 0 bridgehead atoms. The molecular formula is C33H42ClN5O4S2. The largest absolute Gasteiger partial charge is 0.493 e. The van der Waals surface area contributed by atoms with Crippen LogP contribution >= 0.6 is 22.9 Å². The summed E-state index contributed by atoms with van der Waals surface area (Å²) in [6.45, 7) is 3.26. The van der Waals surface area contributed by atoms with E-state index in [2.05, 4.69) is 9.88 Å². The Hall–Kier alpha value is -2.54. The van der Waals surface area contributed by atoms with Gasteiger partial charge in [0.15, 0.2) is 0 Å². The summed E-state index contributed by atoms with van der Waals surface area (Å²) < 4.78 is 35.5. The van der Waals surface area contributed by atoms with E-state index in [9.17, 15) is 13.2 Å². The number of halogens is 1. The van der Waals surface area contributed by atoms with Crippen LogP contribution < -0.4 is 10.5 Å². The summed E-state index contributed by atoms with van der Waals surface area (Å²) in [5.74, 6) is 1.06. The first-order chi connectivity index (χ1) is 21.8. The first-order valence-electron chi connectivity index (χ1n) is 16.0. The van der Waals surface area contributed by atoms with Gasteiger partial charge in [-0.1, -0.05) is 43.0 Å². The van der Waals surface area contributed by atoms with Gasteiger partial charge in [0.1, 0.15) is 16.8 Å². The second-order valence-corrected chi connectivity index (χ2v) is 15.9. The number of aromatic nitrogens is 1. The molecule has 3 fully saturated rings. The SMILES string of the molecule is NC1CCN(C(=O)[C@@H]2CN(Cc3ncc(-c4ccc(Cl)cc4)s3)CCN2S(=O)(=O)c2ccc(OCC3CCCCC3)cc2)CC1. The Balaban J connectivity index is 1.17. The molecule has 2 aromatic carbocycles. The molecule has 0 radical (unpaired) electrons. The lowest BCUT2D eigenvalue weighted by atomic mass is 9.90. The molecule has 242 valence electrons. The predicted molar refractivity (Wildman–Crippen MR) is 178 cm³/mol. The minimum Gasteiger partial charge on any atom is -0.493 e. The molecule has 1 atom stereocenters. The number of likely N-dealkylation sites (tertiary alicyclic amines) is 1. The number of carbonyl (C=O) groups excluding carboxylic acids is 1. The molecule has 6 rings (SSSR count). The molecule has 1 saturated carbocycles. The van der Waals surface area contributed by atoms with Gasteiger partial charge < -0.3 is 15.4 Å². The standard InChI is InChI=1S/C33H42ClN5O4S2/c34-26-8-6-25(7-9-26)31-20-36-32(44-31)22-37-18-19-39(30(21-37)33(40)38-16-14-27(35)15-17-38)45(41,42)29-12-10-28(11-13-29)43-23-24-4-2-1-3-5-24/h6-13,20,24,27,30H,1-5,14-19,21-23,35H2/t30-/m0/s1. The van der Waals surface area contributed by atoms with E-state index in [4.69, 9.17) is 22.1 Å². The molecular weight excluding hydrogens is 630 g/mol. The van der Waals surface area contributed by atoms with Crippen LogP contribution in [0.15, 0.2) is 59.6 Å². The molecule has 0 spiro atoms. The molecule has 0 unspecified atom stereocenters. The molecule has 1 aromatic heterocycles. The van der Waals surface area contributed by atoms with Crippen LogP contribution in [0.4, 0.5) is 0 Å². The maximum Gasteiger partial charge on any atom is 0.243 e. The molecule has 1 aliphatic carbocycles. The molecule has 9 nitrogen and oxygen atoms in total. The Kier molecular flexibility index (Phi) is 10.4. The molecule has 45 heavy (non-hydrogen) atoms. The maximum atomic E-state index is 14.1. The number of nitrogens with zero attached hydrogens (tertiary/aromatic N) is 4. The lowest BCUT2D eigenvalue weighted by Crippen LogP contribution is -2.61. The zero-order valence-corrected chi connectivity index (χ0v) is 27.9. The highest BCUT2D eigenvalue weighted by atomic mass is 35.5. The van der Waals surface area contributed by atoms with E-state index in [0.29, 0.717) is 68.9 Å². The summed E-state index contributed by atoms with van der Waals surface area (Å²) in [4.78, 5) is 23.7. The number of benzene rings is 2. The van der Waals surface area contributed by atoms with E-state index in [1.54, 1.807) is 40.5 Å². The third-order valence-corrected chi connectivity index (χ3v) is 12.4. The van der Waals surface area contributed by atoms with E-state index >= 15 is 0 Å². The molecule has 1 amide bonds. The van der Waals surface area contributed by atoms with Gasteiger partial charge in [-0.15, -0.1) is 11.3 Å². The Morgan fingerprint density at radius 3 is 2.38 bits per heavy atom. The van der Waals surface area contributed by atoms with Crippen molar-refractivity contribution in [3.8, 4) is 16.2 Å². The van der Waals surface area contributed by atoms with Crippen molar-refractivity contribution < 1.29 is 17.9 Å². The van der Waals surface area contributed by atoms with Crippen LogP contribution in [0.3, 0.4) is 0 Å². The Morgan fingerprint density at radius 1 is 0.956 bits per heavy atom. The molecule has 2 saturated heterocycles. The van der Waals surface area contributed by atoms with Gasteiger partial charge in [0.05, 0.1) is 22.9 Å². The zero-order valence-electron chi connectivity index (χ0n) is 25.5. The van der Waals surface area contributed by atoms with E-state index in [1.165, 1.54) is 36.4 Å². The summed E-state index contributed by atoms with van der Waals surface area (Å²) in [5.41, 5.74) is 7.15. The number of carbonyl (C=O) groups is 1. The number of amides is 1. The van der Waals surface area contributed by atoms with Crippen LogP contribution in [0.25, 0.3) is 10.4 Å². The fraction of sp³-hybridized carbons (Fsp3) is 0.515. The average Bonchev–Trinajstić information content (AvgIpc) is 3.53. The van der Waals surface area contributed by atoms with Gasteiger partial charge in [-0.05, 0) is 73.6 Å². The van der Waals surface area contributed by atoms with Crippen LogP contribution in [-0.2, 0) is 21.4 Å². The van der Waals surface area contributed by atoms with Crippen molar-refractivity contribution in [3.63, 3.8) is 0 Å². The van der Waals surface area contributed by atoms with Crippen molar-refractivity contribution in [2.75, 3.05) is 39.3 Å². The minimum absolute atomic E-state index is 0.0651. The number of nitrogens with two attached hydrogens (primary N) is 1. The lowest BCUT2D eigenvalue weighted by molar-refractivity contribution is -0.138. The smallest absolute Gasteiger partial charge is 0.243 e. The Labute approximate surface area is 275 Å². The number of ether oxygens (including phenoxy) is 1. The third-order valence-electron chi connectivity index (χ3n) is 9.23. The molecule has 3 heterocycles. The van der Waals surface area contributed by atoms with E-state index in [0.717, 1.165) is 15.4 Å². The monoisotopic (exact) mass is 671 g/mol. The van der Waals surface area contributed by atoms with Crippen LogP contribution in [0.2, 0.25) is 5.02 Å². The van der Waals surface area contributed by atoms with Crippen molar-refractivity contribution in [2.45, 2.75) is 68.5 Å². The number of hydrogen-bond acceptors (Lipinski definition) is 8. The summed E-state index contributed by atoms with van der Waals surface area (Å²) in [5, 5.41) is 1.59. The highest BCUT2D eigenvalue weighted by Gasteiger charge is 2.42. The number of sulfonamides is 1.